The Balaban J connectivity index is 1.52. The Morgan fingerprint density at radius 1 is 1.05 bits per heavy atom. The number of nitriles is 1. The zero-order valence-corrected chi connectivity index (χ0v) is 25.8. The fourth-order valence-corrected chi connectivity index (χ4v) is 4.86. The molecule has 3 heterocycles. The number of hydrogen-bond donors (Lipinski definition) is 2. The van der Waals surface area contributed by atoms with E-state index in [2.05, 4.69) is 37.1 Å². The number of carbonyl (C=O) groups excluding carboxylic acids is 2. The van der Waals surface area contributed by atoms with Crippen LogP contribution in [0.3, 0.4) is 0 Å². The monoisotopic (exact) mass is 627 g/mol. The van der Waals surface area contributed by atoms with Gasteiger partial charge in [0.15, 0.2) is 5.82 Å². The number of nitrogens with zero attached hydrogens (tertiary/aromatic N) is 7. The van der Waals surface area contributed by atoms with Gasteiger partial charge < -0.3 is 10.6 Å². The van der Waals surface area contributed by atoms with Crippen LogP contribution >= 0.6 is 23.2 Å². The minimum atomic E-state index is -0.568. The average molecular weight is 629 g/mol. The number of aryl methyl sites for hydroxylation is 1. The maximum absolute atomic E-state index is 13.9. The van der Waals surface area contributed by atoms with E-state index in [1.807, 2.05) is 32.9 Å². The van der Waals surface area contributed by atoms with Crippen LogP contribution in [-0.4, -0.2) is 47.1 Å². The number of halogens is 2. The summed E-state index contributed by atoms with van der Waals surface area (Å²) in [4.78, 5) is 31.5. The van der Waals surface area contributed by atoms with Gasteiger partial charge >= 0.3 is 0 Å². The minimum absolute atomic E-state index is 0.113. The van der Waals surface area contributed by atoms with Gasteiger partial charge in [-0.25, -0.2) is 14.3 Å². The molecule has 2 aromatic carbocycles. The smallest absolute Gasteiger partial charge is 0.274 e. The van der Waals surface area contributed by atoms with Crippen molar-refractivity contribution in [2.24, 2.45) is 0 Å². The highest BCUT2D eigenvalue weighted by atomic mass is 35.5. The van der Waals surface area contributed by atoms with Gasteiger partial charge in [-0.2, -0.15) is 10.4 Å². The van der Waals surface area contributed by atoms with Crippen molar-refractivity contribution in [1.82, 2.24) is 35.1 Å². The number of pyridine rings is 1. The zero-order valence-electron chi connectivity index (χ0n) is 24.3. The number of aromatic nitrogens is 6. The predicted octanol–water partition coefficient (Wildman–Crippen LogP) is 5.84. The lowest BCUT2D eigenvalue weighted by Gasteiger charge is -2.22. The molecule has 2 amide bonds. The molecule has 222 valence electrons. The lowest BCUT2D eigenvalue weighted by molar-refractivity contribution is 0.0920. The van der Waals surface area contributed by atoms with Crippen molar-refractivity contribution in [3.05, 3.63) is 105 Å². The van der Waals surface area contributed by atoms with Crippen LogP contribution < -0.4 is 10.6 Å². The first kappa shape index (κ1) is 30.4. The van der Waals surface area contributed by atoms with Crippen molar-refractivity contribution < 1.29 is 9.59 Å². The number of benzene rings is 2. The van der Waals surface area contributed by atoms with Crippen molar-refractivity contribution in [2.75, 3.05) is 5.32 Å². The fraction of sp³-hybridized carbons (Fsp3) is 0.194. The average Bonchev–Trinajstić information content (AvgIpc) is 3.61. The molecule has 5 aromatic rings. The number of carbonyl (C=O) groups is 2. The SMILES string of the molecule is Cc1cc(C#N)cc(C(=O)NC(C)(C)C)c1NC(=O)c1cc(Cn2cc(-c3cccc(Cl)c3)nn2)nn1-c1ncccc1Cl. The molecule has 0 aliphatic rings. The molecule has 13 heteroatoms. The fourth-order valence-electron chi connectivity index (χ4n) is 4.47. The van der Waals surface area contributed by atoms with Crippen LogP contribution in [0, 0.1) is 18.3 Å². The highest BCUT2D eigenvalue weighted by molar-refractivity contribution is 6.32. The van der Waals surface area contributed by atoms with E-state index in [9.17, 15) is 14.9 Å². The maximum Gasteiger partial charge on any atom is 0.274 e. The minimum Gasteiger partial charge on any atom is -0.347 e. The van der Waals surface area contributed by atoms with Crippen molar-refractivity contribution >= 4 is 40.7 Å². The molecule has 0 radical (unpaired) electrons. The molecule has 5 rings (SSSR count). The van der Waals surface area contributed by atoms with E-state index in [1.54, 1.807) is 60.4 Å². The Labute approximate surface area is 263 Å². The molecule has 0 bridgehead atoms. The topological polar surface area (TPSA) is 143 Å². The van der Waals surface area contributed by atoms with Gasteiger partial charge in [-0.3, -0.25) is 9.59 Å². The van der Waals surface area contributed by atoms with Crippen LogP contribution in [0.15, 0.2) is 67.0 Å². The normalized spacial score (nSPS) is 11.2. The van der Waals surface area contributed by atoms with Crippen LogP contribution in [-0.2, 0) is 6.54 Å². The third-order valence-corrected chi connectivity index (χ3v) is 6.88. The Bertz CT molecular complexity index is 1930. The third kappa shape index (κ3) is 6.78. The molecule has 0 saturated heterocycles. The van der Waals surface area contributed by atoms with E-state index in [0.717, 1.165) is 5.56 Å². The molecular weight excluding hydrogens is 601 g/mol. The molecule has 0 spiro atoms. The lowest BCUT2D eigenvalue weighted by atomic mass is 10.0. The molecule has 3 aromatic heterocycles. The summed E-state index contributed by atoms with van der Waals surface area (Å²) in [6.45, 7) is 7.42. The van der Waals surface area contributed by atoms with Crippen LogP contribution in [0.25, 0.3) is 17.1 Å². The van der Waals surface area contributed by atoms with Gasteiger partial charge in [-0.15, -0.1) is 5.10 Å². The summed E-state index contributed by atoms with van der Waals surface area (Å²) in [6, 6.07) is 17.3. The first-order chi connectivity index (χ1) is 20.9. The molecule has 2 N–H and O–H groups in total. The molecule has 0 saturated carbocycles. The number of hydrogen-bond acceptors (Lipinski definition) is 7. The second kappa shape index (κ2) is 12.3. The molecule has 0 aliphatic carbocycles. The van der Waals surface area contributed by atoms with Crippen LogP contribution in [0.2, 0.25) is 10.0 Å². The molecule has 0 aliphatic heterocycles. The number of anilines is 1. The van der Waals surface area contributed by atoms with E-state index in [4.69, 9.17) is 23.2 Å². The van der Waals surface area contributed by atoms with E-state index >= 15 is 0 Å². The van der Waals surface area contributed by atoms with Gasteiger partial charge in [0.2, 0.25) is 0 Å². The summed E-state index contributed by atoms with van der Waals surface area (Å²) >= 11 is 12.6. The van der Waals surface area contributed by atoms with Crippen molar-refractivity contribution in [2.45, 2.75) is 39.8 Å². The van der Waals surface area contributed by atoms with Crippen molar-refractivity contribution in [1.29, 1.82) is 5.26 Å². The second-order valence-corrected chi connectivity index (χ2v) is 11.9. The Kier molecular flexibility index (Phi) is 8.49. The number of nitrogens with one attached hydrogen (secondary N) is 2. The van der Waals surface area contributed by atoms with Gasteiger partial charge in [-0.1, -0.05) is 40.5 Å². The lowest BCUT2D eigenvalue weighted by Crippen LogP contribution is -2.41. The molecule has 11 nitrogen and oxygen atoms in total. The third-order valence-electron chi connectivity index (χ3n) is 6.35. The summed E-state index contributed by atoms with van der Waals surface area (Å²) < 4.78 is 2.93. The first-order valence-electron chi connectivity index (χ1n) is 13.5. The number of amides is 2. The molecule has 44 heavy (non-hydrogen) atoms. The summed E-state index contributed by atoms with van der Waals surface area (Å²) in [5, 5.41) is 29.2. The zero-order chi connectivity index (χ0) is 31.6. The highest BCUT2D eigenvalue weighted by Gasteiger charge is 2.25. The van der Waals surface area contributed by atoms with E-state index < -0.39 is 17.4 Å². The van der Waals surface area contributed by atoms with Crippen LogP contribution in [0.4, 0.5) is 5.69 Å². The van der Waals surface area contributed by atoms with Gasteiger partial charge in [0.25, 0.3) is 11.8 Å². The molecule has 0 unspecified atom stereocenters. The summed E-state index contributed by atoms with van der Waals surface area (Å²) in [6.07, 6.45) is 3.29. The standard InChI is InChI=1S/C31H27Cl2N9O2/c1-18-11-19(15-34)12-23(29(43)37-31(2,3)4)27(18)36-30(44)26-14-22(39-42(26)28-24(33)9-6-10-35-28)16-41-17-25(38-40-41)20-7-5-8-21(32)13-20/h5-14,17H,16H2,1-4H3,(H,36,44)(H,37,43). The maximum atomic E-state index is 13.9. The first-order valence-corrected chi connectivity index (χ1v) is 14.2. The molecule has 0 fully saturated rings. The van der Waals surface area contributed by atoms with E-state index in [1.165, 1.54) is 10.7 Å². The molecule has 0 atom stereocenters. The van der Waals surface area contributed by atoms with Crippen molar-refractivity contribution in [3.8, 4) is 23.1 Å². The summed E-state index contributed by atoms with van der Waals surface area (Å²) in [5.41, 5.74) is 2.71. The predicted molar refractivity (Wildman–Crippen MR) is 167 cm³/mol. The summed E-state index contributed by atoms with van der Waals surface area (Å²) in [7, 11) is 0. The molecular formula is C31H27Cl2N9O2. The van der Waals surface area contributed by atoms with Gasteiger partial charge in [0, 0.05) is 22.3 Å². The van der Waals surface area contributed by atoms with Crippen molar-refractivity contribution in [3.63, 3.8) is 0 Å². The largest absolute Gasteiger partial charge is 0.347 e. The van der Waals surface area contributed by atoms with Crippen LogP contribution in [0.1, 0.15) is 58.4 Å². The number of rotatable bonds is 7. The summed E-state index contributed by atoms with van der Waals surface area (Å²) in [5.74, 6) is -0.760. The Morgan fingerprint density at radius 3 is 2.55 bits per heavy atom. The quantitative estimate of drug-likeness (QED) is 0.230. The Hall–Kier alpha value is -5.05. The van der Waals surface area contributed by atoms with Crippen LogP contribution in [0.5, 0.6) is 0 Å². The Morgan fingerprint density at radius 2 is 1.84 bits per heavy atom. The second-order valence-electron chi connectivity index (χ2n) is 11.0. The van der Waals surface area contributed by atoms with Gasteiger partial charge in [-0.05, 0) is 75.7 Å². The highest BCUT2D eigenvalue weighted by Crippen LogP contribution is 2.26. The van der Waals surface area contributed by atoms with Gasteiger partial charge in [0.1, 0.15) is 11.4 Å². The van der Waals surface area contributed by atoms with E-state index in [0.29, 0.717) is 22.0 Å². The van der Waals surface area contributed by atoms with E-state index in [-0.39, 0.29) is 39.9 Å². The van der Waals surface area contributed by atoms with Gasteiger partial charge in [0.05, 0.1) is 46.3 Å².